The minimum atomic E-state index is -0.524. The molecule has 0 saturated heterocycles. The maximum atomic E-state index is 9.78. The van der Waals surface area contributed by atoms with Gasteiger partial charge in [-0.25, -0.2) is 0 Å². The maximum Gasteiger partial charge on any atom is 0.232 e. The van der Waals surface area contributed by atoms with Crippen LogP contribution in [0.2, 0.25) is 0 Å². The lowest BCUT2D eigenvalue weighted by Gasteiger charge is -2.19. The molecule has 2 unspecified atom stereocenters. The molecule has 5 nitrogen and oxygen atoms in total. The molecule has 1 N–H and O–H groups in total. The van der Waals surface area contributed by atoms with Crippen molar-refractivity contribution in [2.24, 2.45) is 5.92 Å². The van der Waals surface area contributed by atoms with Crippen LogP contribution in [0, 0.1) is 12.8 Å². The van der Waals surface area contributed by atoms with Crippen molar-refractivity contribution in [1.29, 1.82) is 0 Å². The fourth-order valence-corrected chi connectivity index (χ4v) is 2.15. The van der Waals surface area contributed by atoms with Crippen molar-refractivity contribution in [2.75, 3.05) is 0 Å². The number of aryl methyl sites for hydroxylation is 1. The van der Waals surface area contributed by atoms with Crippen molar-refractivity contribution in [3.05, 3.63) is 24.0 Å². The van der Waals surface area contributed by atoms with E-state index in [4.69, 9.17) is 8.94 Å². The van der Waals surface area contributed by atoms with E-state index in [1.54, 1.807) is 19.3 Å². The molecule has 0 saturated carbocycles. The third-order valence-electron chi connectivity index (χ3n) is 3.06. The highest BCUT2D eigenvalue weighted by atomic mass is 16.5. The van der Waals surface area contributed by atoms with Gasteiger partial charge in [-0.3, -0.25) is 0 Å². The van der Waals surface area contributed by atoms with Crippen LogP contribution in [0.1, 0.15) is 38.3 Å². The molecule has 0 amide bonds. The van der Waals surface area contributed by atoms with Crippen LogP contribution in [-0.4, -0.2) is 21.4 Å². The van der Waals surface area contributed by atoms with E-state index < -0.39 is 6.10 Å². The van der Waals surface area contributed by atoms with Crippen molar-refractivity contribution in [3.8, 4) is 11.4 Å². The second-order valence-corrected chi connectivity index (χ2v) is 4.86. The summed E-state index contributed by atoms with van der Waals surface area (Å²) in [6, 6.07) is 1.80. The molecule has 98 valence electrons. The number of aliphatic hydroxyl groups excluding tert-OH is 1. The molecule has 2 heterocycles. The van der Waals surface area contributed by atoms with Crippen molar-refractivity contribution in [3.63, 3.8) is 0 Å². The highest BCUT2D eigenvalue weighted by Crippen LogP contribution is 2.29. The van der Waals surface area contributed by atoms with E-state index in [0.29, 0.717) is 11.7 Å². The van der Waals surface area contributed by atoms with E-state index in [2.05, 4.69) is 10.1 Å². The van der Waals surface area contributed by atoms with Crippen LogP contribution in [0.4, 0.5) is 0 Å². The number of nitrogens with zero attached hydrogens (tertiary/aromatic N) is 2. The Balaban J connectivity index is 2.33. The second-order valence-electron chi connectivity index (χ2n) is 4.86. The lowest BCUT2D eigenvalue weighted by molar-refractivity contribution is 0.120. The molecule has 5 heteroatoms. The smallest absolute Gasteiger partial charge is 0.232 e. The normalized spacial score (nSPS) is 15.0. The fraction of sp³-hybridized carbons (Fsp3) is 0.538. The Labute approximate surface area is 106 Å². The molecule has 0 aromatic carbocycles. The summed E-state index contributed by atoms with van der Waals surface area (Å²) in [6.45, 7) is 7.62. The molecule has 2 aromatic rings. The molecular weight excluding hydrogens is 232 g/mol. The summed E-state index contributed by atoms with van der Waals surface area (Å²) in [5.74, 6) is 1.79. The first-order chi connectivity index (χ1) is 8.50. The van der Waals surface area contributed by atoms with E-state index >= 15 is 0 Å². The molecule has 18 heavy (non-hydrogen) atoms. The van der Waals surface area contributed by atoms with Crippen molar-refractivity contribution in [1.82, 2.24) is 10.1 Å². The predicted molar refractivity (Wildman–Crippen MR) is 66.0 cm³/mol. The van der Waals surface area contributed by atoms with Crippen LogP contribution in [0.25, 0.3) is 11.4 Å². The molecule has 0 aliphatic rings. The van der Waals surface area contributed by atoms with Crippen molar-refractivity contribution < 1.29 is 14.0 Å². The Morgan fingerprint density at radius 1 is 1.28 bits per heavy atom. The summed E-state index contributed by atoms with van der Waals surface area (Å²) in [5.41, 5.74) is 0.818. The number of aliphatic hydroxyl groups is 1. The third-order valence-corrected chi connectivity index (χ3v) is 3.06. The van der Waals surface area contributed by atoms with Gasteiger partial charge in [-0.15, -0.1) is 0 Å². The highest BCUT2D eigenvalue weighted by molar-refractivity contribution is 5.56. The Kier molecular flexibility index (Phi) is 3.52. The Morgan fingerprint density at radius 3 is 2.50 bits per heavy atom. The maximum absolute atomic E-state index is 9.78. The molecule has 0 fully saturated rings. The van der Waals surface area contributed by atoms with Gasteiger partial charge in [0.15, 0.2) is 0 Å². The minimum absolute atomic E-state index is 0.154. The monoisotopic (exact) mass is 250 g/mol. The standard InChI is InChI=1S/C13H18N2O3/c1-7(2)11(8(3)16)13-14-12(15-18-13)10-5-6-17-9(10)4/h5-8,11,16H,1-4H3. The molecule has 0 radical (unpaired) electrons. The lowest BCUT2D eigenvalue weighted by Crippen LogP contribution is -2.20. The molecule has 2 rings (SSSR count). The Bertz CT molecular complexity index is 506. The van der Waals surface area contributed by atoms with Crippen LogP contribution < -0.4 is 0 Å². The average Bonchev–Trinajstić information content (AvgIpc) is 2.85. The summed E-state index contributed by atoms with van der Waals surface area (Å²) in [6.07, 6.45) is 1.07. The zero-order chi connectivity index (χ0) is 13.3. The molecular formula is C13H18N2O3. The topological polar surface area (TPSA) is 72.3 Å². The summed E-state index contributed by atoms with van der Waals surface area (Å²) in [7, 11) is 0. The van der Waals surface area contributed by atoms with E-state index in [0.717, 1.165) is 11.3 Å². The van der Waals surface area contributed by atoms with Gasteiger partial charge in [0.1, 0.15) is 5.76 Å². The average molecular weight is 250 g/mol. The van der Waals surface area contributed by atoms with Gasteiger partial charge in [-0.2, -0.15) is 4.98 Å². The number of aromatic nitrogens is 2. The summed E-state index contributed by atoms with van der Waals surface area (Å²) >= 11 is 0. The molecule has 2 aromatic heterocycles. The molecule has 0 bridgehead atoms. The van der Waals surface area contributed by atoms with Gasteiger partial charge in [0.2, 0.25) is 11.7 Å². The molecule has 2 atom stereocenters. The molecule has 0 aliphatic heterocycles. The van der Waals surface area contributed by atoms with Gasteiger partial charge >= 0.3 is 0 Å². The summed E-state index contributed by atoms with van der Waals surface area (Å²) < 4.78 is 10.5. The van der Waals surface area contributed by atoms with Gasteiger partial charge in [0.25, 0.3) is 0 Å². The number of hydrogen-bond acceptors (Lipinski definition) is 5. The van der Waals surface area contributed by atoms with Crippen LogP contribution >= 0.6 is 0 Å². The first-order valence-electron chi connectivity index (χ1n) is 6.06. The lowest BCUT2D eigenvalue weighted by atomic mass is 9.91. The SMILES string of the molecule is Cc1occc1-c1noc(C(C(C)C)C(C)O)n1. The van der Waals surface area contributed by atoms with Crippen LogP contribution in [0.15, 0.2) is 21.3 Å². The Hall–Kier alpha value is -1.62. The van der Waals surface area contributed by atoms with Crippen LogP contribution in [0.3, 0.4) is 0 Å². The van der Waals surface area contributed by atoms with Gasteiger partial charge in [-0.05, 0) is 25.8 Å². The first kappa shape index (κ1) is 12.8. The van der Waals surface area contributed by atoms with Gasteiger partial charge in [0, 0.05) is 0 Å². The number of rotatable bonds is 4. The highest BCUT2D eigenvalue weighted by Gasteiger charge is 2.27. The second kappa shape index (κ2) is 4.94. The molecule has 0 spiro atoms. The van der Waals surface area contributed by atoms with E-state index in [1.165, 1.54) is 0 Å². The first-order valence-corrected chi connectivity index (χ1v) is 6.06. The van der Waals surface area contributed by atoms with Gasteiger partial charge < -0.3 is 14.0 Å². The van der Waals surface area contributed by atoms with Crippen molar-refractivity contribution in [2.45, 2.75) is 39.7 Å². The number of hydrogen-bond donors (Lipinski definition) is 1. The zero-order valence-electron chi connectivity index (χ0n) is 11.0. The van der Waals surface area contributed by atoms with Crippen molar-refractivity contribution >= 4 is 0 Å². The zero-order valence-corrected chi connectivity index (χ0v) is 11.0. The fourth-order valence-electron chi connectivity index (χ4n) is 2.15. The van der Waals surface area contributed by atoms with Crippen LogP contribution in [0.5, 0.6) is 0 Å². The Morgan fingerprint density at radius 2 is 2.00 bits per heavy atom. The van der Waals surface area contributed by atoms with Gasteiger partial charge in [-0.1, -0.05) is 19.0 Å². The minimum Gasteiger partial charge on any atom is -0.469 e. The quantitative estimate of drug-likeness (QED) is 0.903. The van der Waals surface area contributed by atoms with E-state index in [9.17, 15) is 5.11 Å². The largest absolute Gasteiger partial charge is 0.469 e. The predicted octanol–water partition coefficient (Wildman–Crippen LogP) is 2.76. The van der Waals surface area contributed by atoms with E-state index in [1.807, 2.05) is 20.8 Å². The molecule has 0 aliphatic carbocycles. The number of furan rings is 1. The van der Waals surface area contributed by atoms with Gasteiger partial charge in [0.05, 0.1) is 23.8 Å². The third kappa shape index (κ3) is 2.31. The van der Waals surface area contributed by atoms with Crippen LogP contribution in [-0.2, 0) is 0 Å². The van der Waals surface area contributed by atoms with E-state index in [-0.39, 0.29) is 11.8 Å². The summed E-state index contributed by atoms with van der Waals surface area (Å²) in [4.78, 5) is 4.36. The summed E-state index contributed by atoms with van der Waals surface area (Å²) in [5, 5.41) is 13.7.